The first kappa shape index (κ1) is 20.3. The van der Waals surface area contributed by atoms with Crippen molar-refractivity contribution in [1.82, 2.24) is 19.4 Å². The van der Waals surface area contributed by atoms with Crippen molar-refractivity contribution < 1.29 is 22.4 Å². The average Bonchev–Trinajstić information content (AvgIpc) is 3.12. The van der Waals surface area contributed by atoms with Crippen LogP contribution in [0.5, 0.6) is 0 Å². The molecule has 160 valence electrons. The van der Waals surface area contributed by atoms with Crippen molar-refractivity contribution in [2.75, 3.05) is 18.0 Å². The highest BCUT2D eigenvalue weighted by Crippen LogP contribution is 2.31. The predicted molar refractivity (Wildman–Crippen MR) is 98.0 cm³/mol. The molecule has 7 nitrogen and oxygen atoms in total. The standard InChI is InChI=1S/C19H19F4N5O2/c1-10-12-8-28(9-13(12)26(2)18(30)17(10)20)16(29)3-11-6-27(7-11)15-5-24-14(4-25-15)19(21,22)23/h4-5,11H,3,6-9H2,1-2H3. The zero-order valence-electron chi connectivity index (χ0n) is 16.3. The van der Waals surface area contributed by atoms with Crippen LogP contribution in [0, 0.1) is 18.7 Å². The minimum Gasteiger partial charge on any atom is -0.355 e. The van der Waals surface area contributed by atoms with Crippen molar-refractivity contribution in [3.63, 3.8) is 0 Å². The van der Waals surface area contributed by atoms with E-state index in [0.717, 1.165) is 6.20 Å². The van der Waals surface area contributed by atoms with Crippen molar-refractivity contribution in [1.29, 1.82) is 0 Å². The number of amides is 1. The average molecular weight is 425 g/mol. The van der Waals surface area contributed by atoms with E-state index >= 15 is 0 Å². The van der Waals surface area contributed by atoms with Crippen molar-refractivity contribution in [3.05, 3.63) is 51.1 Å². The van der Waals surface area contributed by atoms with E-state index in [1.54, 1.807) is 16.7 Å². The molecule has 0 unspecified atom stereocenters. The molecule has 0 radical (unpaired) electrons. The lowest BCUT2D eigenvalue weighted by Gasteiger charge is -2.40. The van der Waals surface area contributed by atoms with Crippen molar-refractivity contribution in [2.45, 2.75) is 32.6 Å². The van der Waals surface area contributed by atoms with Crippen molar-refractivity contribution in [3.8, 4) is 0 Å². The number of anilines is 1. The Balaban J connectivity index is 1.35. The van der Waals surface area contributed by atoms with Gasteiger partial charge in [-0.25, -0.2) is 14.4 Å². The van der Waals surface area contributed by atoms with Gasteiger partial charge in [0, 0.05) is 44.7 Å². The van der Waals surface area contributed by atoms with E-state index < -0.39 is 23.2 Å². The fourth-order valence-corrected chi connectivity index (χ4v) is 3.89. The number of aromatic nitrogens is 3. The van der Waals surface area contributed by atoms with E-state index in [1.807, 2.05) is 0 Å². The Morgan fingerprint density at radius 3 is 2.50 bits per heavy atom. The minimum atomic E-state index is -4.53. The molecule has 30 heavy (non-hydrogen) atoms. The van der Waals surface area contributed by atoms with Gasteiger partial charge >= 0.3 is 6.18 Å². The Bertz CT molecular complexity index is 1060. The van der Waals surface area contributed by atoms with Crippen LogP contribution in [0.25, 0.3) is 0 Å². The van der Waals surface area contributed by atoms with Gasteiger partial charge in [-0.2, -0.15) is 13.2 Å². The lowest BCUT2D eigenvalue weighted by molar-refractivity contribution is -0.141. The zero-order chi connectivity index (χ0) is 21.8. The Hall–Kier alpha value is -2.98. The number of pyridine rings is 1. The Kier molecular flexibility index (Phi) is 4.78. The van der Waals surface area contributed by atoms with Crippen LogP contribution in [-0.2, 0) is 31.1 Å². The van der Waals surface area contributed by atoms with E-state index in [2.05, 4.69) is 9.97 Å². The number of carbonyl (C=O) groups is 1. The molecule has 0 N–H and O–H groups in total. The van der Waals surface area contributed by atoms with Crippen LogP contribution >= 0.6 is 0 Å². The maximum absolute atomic E-state index is 14.0. The molecule has 4 rings (SSSR count). The fourth-order valence-electron chi connectivity index (χ4n) is 3.89. The summed E-state index contributed by atoms with van der Waals surface area (Å²) in [4.78, 5) is 35.1. The summed E-state index contributed by atoms with van der Waals surface area (Å²) in [6, 6.07) is 0. The Labute approximate surface area is 169 Å². The number of hydrogen-bond donors (Lipinski definition) is 0. The number of carbonyl (C=O) groups excluding carboxylic acids is 1. The van der Waals surface area contributed by atoms with Gasteiger partial charge in [0.05, 0.1) is 18.9 Å². The fraction of sp³-hybridized carbons (Fsp3) is 0.474. The van der Waals surface area contributed by atoms with Crippen LogP contribution in [-0.4, -0.2) is 38.4 Å². The van der Waals surface area contributed by atoms with Crippen LogP contribution in [0.4, 0.5) is 23.4 Å². The molecule has 0 aromatic carbocycles. The van der Waals surface area contributed by atoms with Crippen molar-refractivity contribution in [2.24, 2.45) is 13.0 Å². The number of hydrogen-bond acceptors (Lipinski definition) is 5. The van der Waals surface area contributed by atoms with E-state index in [1.165, 1.54) is 11.6 Å². The van der Waals surface area contributed by atoms with Crippen LogP contribution in [0.1, 0.15) is 28.9 Å². The molecule has 11 heteroatoms. The molecule has 1 amide bonds. The predicted octanol–water partition coefficient (Wildman–Crippen LogP) is 2.01. The van der Waals surface area contributed by atoms with E-state index in [-0.39, 0.29) is 36.9 Å². The van der Waals surface area contributed by atoms with Gasteiger partial charge in [0.1, 0.15) is 5.82 Å². The van der Waals surface area contributed by atoms with E-state index in [0.29, 0.717) is 36.4 Å². The first-order valence-corrected chi connectivity index (χ1v) is 9.35. The molecule has 0 saturated carbocycles. The van der Waals surface area contributed by atoms with Gasteiger partial charge in [0.2, 0.25) is 5.91 Å². The monoisotopic (exact) mass is 425 g/mol. The van der Waals surface area contributed by atoms with Crippen LogP contribution in [0.15, 0.2) is 17.2 Å². The molecule has 2 aliphatic rings. The molecule has 0 bridgehead atoms. The molecule has 0 atom stereocenters. The number of halogens is 4. The normalized spacial score (nSPS) is 16.6. The topological polar surface area (TPSA) is 71.3 Å². The highest BCUT2D eigenvalue weighted by atomic mass is 19.4. The maximum Gasteiger partial charge on any atom is 0.434 e. The van der Waals surface area contributed by atoms with Gasteiger partial charge in [-0.1, -0.05) is 0 Å². The summed E-state index contributed by atoms with van der Waals surface area (Å²) < 4.78 is 53.0. The third kappa shape index (κ3) is 3.41. The van der Waals surface area contributed by atoms with Crippen LogP contribution in [0.2, 0.25) is 0 Å². The number of alkyl halides is 3. The molecule has 2 aliphatic heterocycles. The zero-order valence-corrected chi connectivity index (χ0v) is 16.3. The summed E-state index contributed by atoms with van der Waals surface area (Å²) >= 11 is 0. The van der Waals surface area contributed by atoms with Gasteiger partial charge in [-0.05, 0) is 18.1 Å². The lowest BCUT2D eigenvalue weighted by atomic mass is 9.95. The highest BCUT2D eigenvalue weighted by molar-refractivity contribution is 5.77. The summed E-state index contributed by atoms with van der Waals surface area (Å²) in [6.07, 6.45) is -2.50. The molecule has 2 aromatic heterocycles. The summed E-state index contributed by atoms with van der Waals surface area (Å²) in [5.74, 6) is -0.534. The smallest absolute Gasteiger partial charge is 0.355 e. The van der Waals surface area contributed by atoms with Crippen LogP contribution < -0.4 is 10.5 Å². The first-order valence-electron chi connectivity index (χ1n) is 9.35. The summed E-state index contributed by atoms with van der Waals surface area (Å²) in [7, 11) is 1.49. The van der Waals surface area contributed by atoms with E-state index in [4.69, 9.17) is 0 Å². The van der Waals surface area contributed by atoms with E-state index in [9.17, 15) is 27.2 Å². The molecule has 2 aromatic rings. The summed E-state index contributed by atoms with van der Waals surface area (Å²) in [6.45, 7) is 3.02. The molecule has 1 saturated heterocycles. The second-order valence-electron chi connectivity index (χ2n) is 7.71. The van der Waals surface area contributed by atoms with Gasteiger partial charge < -0.3 is 14.4 Å². The van der Waals surface area contributed by atoms with Gasteiger partial charge in [0.15, 0.2) is 11.5 Å². The quantitative estimate of drug-likeness (QED) is 0.704. The highest BCUT2D eigenvalue weighted by Gasteiger charge is 2.36. The van der Waals surface area contributed by atoms with Crippen LogP contribution in [0.3, 0.4) is 0 Å². The number of rotatable bonds is 3. The van der Waals surface area contributed by atoms with Gasteiger partial charge in [-0.15, -0.1) is 0 Å². The second kappa shape index (κ2) is 7.06. The maximum atomic E-state index is 14.0. The summed E-state index contributed by atoms with van der Waals surface area (Å²) in [5, 5.41) is 0. The molecular weight excluding hydrogens is 406 g/mol. The van der Waals surface area contributed by atoms with Gasteiger partial charge in [-0.3, -0.25) is 9.59 Å². The lowest BCUT2D eigenvalue weighted by Crippen LogP contribution is -2.49. The molecule has 1 fully saturated rings. The minimum absolute atomic E-state index is 0.0342. The number of fused-ring (bicyclic) bond motifs is 1. The third-order valence-electron chi connectivity index (χ3n) is 5.74. The second-order valence-corrected chi connectivity index (χ2v) is 7.71. The Morgan fingerprint density at radius 1 is 1.20 bits per heavy atom. The largest absolute Gasteiger partial charge is 0.434 e. The molecule has 0 aliphatic carbocycles. The SMILES string of the molecule is Cc1c2c(n(C)c(=O)c1F)CN(C(=O)CC1CN(c3cnc(C(F)(F)F)cn3)C1)C2. The molecular formula is C19H19F4N5O2. The summed E-state index contributed by atoms with van der Waals surface area (Å²) in [5.41, 5.74) is -0.166. The Morgan fingerprint density at radius 2 is 1.90 bits per heavy atom. The molecule has 0 spiro atoms. The van der Waals surface area contributed by atoms with Gasteiger partial charge in [0.25, 0.3) is 5.56 Å². The third-order valence-corrected chi connectivity index (χ3v) is 5.74. The first-order chi connectivity index (χ1) is 14.1. The van der Waals surface area contributed by atoms with Crippen molar-refractivity contribution >= 4 is 11.7 Å². The number of nitrogens with zero attached hydrogens (tertiary/aromatic N) is 5. The molecule has 4 heterocycles.